The molecule has 0 radical (unpaired) electrons. The lowest BCUT2D eigenvalue weighted by atomic mass is 10.1. The number of hydrogen-bond donors (Lipinski definition) is 1. The molecule has 1 fully saturated rings. The molecule has 0 aromatic carbocycles. The zero-order chi connectivity index (χ0) is 15.6. The van der Waals surface area contributed by atoms with Crippen LogP contribution < -0.4 is 9.62 Å². The summed E-state index contributed by atoms with van der Waals surface area (Å²) in [7, 11) is -3.58. The van der Waals surface area contributed by atoms with Crippen LogP contribution in [0.15, 0.2) is 28.5 Å². The van der Waals surface area contributed by atoms with Crippen molar-refractivity contribution in [2.24, 2.45) is 0 Å². The van der Waals surface area contributed by atoms with Crippen LogP contribution in [0.5, 0.6) is 0 Å². The number of sulfonamides is 1. The summed E-state index contributed by atoms with van der Waals surface area (Å²) in [5.74, 6) is 1.04. The molecule has 0 unspecified atom stereocenters. The van der Waals surface area contributed by atoms with Crippen LogP contribution in [0.2, 0.25) is 0 Å². The van der Waals surface area contributed by atoms with Gasteiger partial charge in [0, 0.05) is 18.0 Å². The molecule has 0 saturated carbocycles. The summed E-state index contributed by atoms with van der Waals surface area (Å²) in [6.45, 7) is 3.83. The van der Waals surface area contributed by atoms with Crippen molar-refractivity contribution in [2.45, 2.75) is 30.4 Å². The van der Waals surface area contributed by atoms with Crippen molar-refractivity contribution in [1.82, 2.24) is 10.2 Å². The van der Waals surface area contributed by atoms with Crippen molar-refractivity contribution < 1.29 is 8.42 Å². The second kappa shape index (κ2) is 6.21. The number of aryl methyl sites for hydroxylation is 1. The molecule has 2 aromatic rings. The van der Waals surface area contributed by atoms with Crippen LogP contribution in [0.3, 0.4) is 0 Å². The molecule has 0 atom stereocenters. The van der Waals surface area contributed by atoms with E-state index in [1.165, 1.54) is 17.8 Å². The topological polar surface area (TPSA) is 75.2 Å². The summed E-state index contributed by atoms with van der Waals surface area (Å²) in [5, 5.41) is 8.13. The maximum Gasteiger partial charge on any atom is 0.272 e. The summed E-state index contributed by atoms with van der Waals surface area (Å²) in [4.78, 5) is 3.13. The molecular formula is C14H18N4O2S2. The molecule has 1 aliphatic rings. The average Bonchev–Trinajstić information content (AvgIpc) is 2.96. The van der Waals surface area contributed by atoms with E-state index in [1.807, 2.05) is 13.0 Å². The van der Waals surface area contributed by atoms with Crippen LogP contribution in [0.1, 0.15) is 24.1 Å². The smallest absolute Gasteiger partial charge is 0.272 e. The van der Waals surface area contributed by atoms with E-state index in [4.69, 9.17) is 0 Å². The molecule has 0 spiro atoms. The number of aromatic nitrogens is 2. The van der Waals surface area contributed by atoms with E-state index in [2.05, 4.69) is 19.8 Å². The van der Waals surface area contributed by atoms with Gasteiger partial charge < -0.3 is 4.90 Å². The molecule has 3 rings (SSSR count). The van der Waals surface area contributed by atoms with Crippen LogP contribution in [0.25, 0.3) is 0 Å². The maximum atomic E-state index is 12.2. The molecule has 0 aliphatic carbocycles. The van der Waals surface area contributed by atoms with E-state index in [1.54, 1.807) is 18.2 Å². The fourth-order valence-corrected chi connectivity index (χ4v) is 4.70. The summed E-state index contributed by atoms with van der Waals surface area (Å²) >= 11 is 1.23. The van der Waals surface area contributed by atoms with E-state index < -0.39 is 10.0 Å². The van der Waals surface area contributed by atoms with Crippen LogP contribution in [-0.4, -0.2) is 31.7 Å². The van der Waals surface area contributed by atoms with E-state index in [0.29, 0.717) is 0 Å². The summed E-state index contributed by atoms with van der Waals surface area (Å²) in [6.07, 6.45) is 3.57. The van der Waals surface area contributed by atoms with Crippen molar-refractivity contribution in [2.75, 3.05) is 22.7 Å². The summed E-state index contributed by atoms with van der Waals surface area (Å²) in [5.41, 5.74) is 0. The highest BCUT2D eigenvalue weighted by Crippen LogP contribution is 2.23. The fraction of sp³-hybridized carbons (Fsp3) is 0.429. The second-order valence-electron chi connectivity index (χ2n) is 5.30. The molecule has 1 aliphatic heterocycles. The van der Waals surface area contributed by atoms with Crippen molar-refractivity contribution in [3.8, 4) is 0 Å². The Morgan fingerprint density at radius 3 is 2.45 bits per heavy atom. The first kappa shape index (κ1) is 15.2. The Hall–Kier alpha value is -1.67. The van der Waals surface area contributed by atoms with E-state index in [0.717, 1.165) is 36.6 Å². The summed E-state index contributed by atoms with van der Waals surface area (Å²) < 4.78 is 27.2. The third-order valence-corrected chi connectivity index (χ3v) is 6.40. The first-order chi connectivity index (χ1) is 10.5. The van der Waals surface area contributed by atoms with Crippen molar-refractivity contribution in [3.05, 3.63) is 29.1 Å². The van der Waals surface area contributed by atoms with Gasteiger partial charge in [-0.1, -0.05) is 0 Å². The quantitative estimate of drug-likeness (QED) is 0.927. The largest absolute Gasteiger partial charge is 0.355 e. The first-order valence-corrected chi connectivity index (χ1v) is 9.52. The normalized spacial score (nSPS) is 15.8. The zero-order valence-electron chi connectivity index (χ0n) is 12.3. The molecule has 22 heavy (non-hydrogen) atoms. The van der Waals surface area contributed by atoms with Crippen LogP contribution >= 0.6 is 11.3 Å². The highest BCUT2D eigenvalue weighted by atomic mass is 32.2. The lowest BCUT2D eigenvalue weighted by Crippen LogP contribution is -2.30. The minimum Gasteiger partial charge on any atom is -0.355 e. The average molecular weight is 338 g/mol. The second-order valence-corrected chi connectivity index (χ2v) is 8.49. The van der Waals surface area contributed by atoms with Gasteiger partial charge in [0.2, 0.25) is 0 Å². The van der Waals surface area contributed by atoms with Crippen LogP contribution in [-0.2, 0) is 10.0 Å². The molecule has 3 heterocycles. The Morgan fingerprint density at radius 1 is 1.09 bits per heavy atom. The van der Waals surface area contributed by atoms with Crippen molar-refractivity contribution >= 4 is 33.0 Å². The minimum atomic E-state index is -3.58. The van der Waals surface area contributed by atoms with Gasteiger partial charge in [0.05, 0.1) is 0 Å². The number of nitrogens with zero attached hydrogens (tertiary/aromatic N) is 3. The van der Waals surface area contributed by atoms with Gasteiger partial charge >= 0.3 is 0 Å². The number of thiophene rings is 1. The number of hydrogen-bond acceptors (Lipinski definition) is 6. The lowest BCUT2D eigenvalue weighted by Gasteiger charge is -2.27. The number of anilines is 2. The molecule has 8 heteroatoms. The number of nitrogens with one attached hydrogen (secondary N) is 1. The first-order valence-electron chi connectivity index (χ1n) is 7.22. The van der Waals surface area contributed by atoms with Gasteiger partial charge in [-0.05, 0) is 50.5 Å². The van der Waals surface area contributed by atoms with Crippen molar-refractivity contribution in [1.29, 1.82) is 0 Å². The van der Waals surface area contributed by atoms with Gasteiger partial charge in [0.1, 0.15) is 4.21 Å². The molecule has 118 valence electrons. The SMILES string of the molecule is Cc1ccc(S(=O)(=O)Nc2ccc(N3CCCCC3)nn2)s1. The molecule has 0 bridgehead atoms. The Labute approximate surface area is 134 Å². The number of rotatable bonds is 4. The fourth-order valence-electron chi connectivity index (χ4n) is 2.42. The Kier molecular flexibility index (Phi) is 4.30. The highest BCUT2D eigenvalue weighted by Gasteiger charge is 2.18. The van der Waals surface area contributed by atoms with Crippen LogP contribution in [0.4, 0.5) is 11.6 Å². The van der Waals surface area contributed by atoms with Gasteiger partial charge in [0.15, 0.2) is 11.6 Å². The van der Waals surface area contributed by atoms with Gasteiger partial charge in [-0.15, -0.1) is 21.5 Å². The zero-order valence-corrected chi connectivity index (χ0v) is 14.0. The van der Waals surface area contributed by atoms with Gasteiger partial charge in [-0.3, -0.25) is 4.72 Å². The lowest BCUT2D eigenvalue weighted by molar-refractivity contribution is 0.571. The monoisotopic (exact) mass is 338 g/mol. The van der Waals surface area contributed by atoms with Gasteiger partial charge in [0.25, 0.3) is 10.0 Å². The van der Waals surface area contributed by atoms with Crippen LogP contribution in [0, 0.1) is 6.92 Å². The predicted octanol–water partition coefficient (Wildman–Crippen LogP) is 2.64. The number of piperidine rings is 1. The molecule has 1 saturated heterocycles. The maximum absolute atomic E-state index is 12.2. The molecule has 6 nitrogen and oxygen atoms in total. The standard InChI is InChI=1S/C14H18N4O2S2/c1-11-5-8-14(21-11)22(19,20)17-12-6-7-13(16-15-12)18-9-3-2-4-10-18/h5-8H,2-4,9-10H2,1H3,(H,15,17). The van der Waals surface area contributed by atoms with E-state index >= 15 is 0 Å². The highest BCUT2D eigenvalue weighted by molar-refractivity contribution is 7.94. The van der Waals surface area contributed by atoms with E-state index in [9.17, 15) is 8.42 Å². The Bertz CT molecular complexity index is 734. The van der Waals surface area contributed by atoms with Crippen molar-refractivity contribution in [3.63, 3.8) is 0 Å². The Morgan fingerprint density at radius 2 is 1.86 bits per heavy atom. The van der Waals surface area contributed by atoms with Gasteiger partial charge in [-0.2, -0.15) is 0 Å². The third-order valence-electron chi connectivity index (χ3n) is 3.55. The molecular weight excluding hydrogens is 320 g/mol. The minimum absolute atomic E-state index is 0.242. The molecule has 2 aromatic heterocycles. The predicted molar refractivity (Wildman–Crippen MR) is 88.0 cm³/mol. The third kappa shape index (κ3) is 3.38. The summed E-state index contributed by atoms with van der Waals surface area (Å²) in [6, 6.07) is 6.85. The van der Waals surface area contributed by atoms with Gasteiger partial charge in [-0.25, -0.2) is 8.42 Å². The van der Waals surface area contributed by atoms with E-state index in [-0.39, 0.29) is 10.0 Å². The molecule has 1 N–H and O–H groups in total. The molecule has 0 amide bonds. The Balaban J connectivity index is 1.73.